The lowest BCUT2D eigenvalue weighted by Crippen LogP contribution is -2.55. The molecular weight excluding hydrogens is 486 g/mol. The maximum absolute atomic E-state index is 14.3. The summed E-state index contributed by atoms with van der Waals surface area (Å²) in [6.45, 7) is 6.89. The van der Waals surface area contributed by atoms with E-state index in [1.807, 2.05) is 36.4 Å². The number of fused-ring (bicyclic) bond motifs is 2. The number of nitrogens with zero attached hydrogens (tertiary/aromatic N) is 3. The standard InChI is InChI=1S/C29H37N3O6/c1-3-30(4-2)20-11-13-21(14-12-20)31-17-9-15-29-24(23-22(38-29)10-8-19-37-28(23)36)26(34)32(25(29)27(31)35)16-6-5-7-18-33/h8-15,22-25,33H,3-7,16-19H2,1-2H3/t22-,23+,24+,25?,29+/m1/s1. The van der Waals surface area contributed by atoms with E-state index in [0.29, 0.717) is 25.9 Å². The summed E-state index contributed by atoms with van der Waals surface area (Å²) in [5.41, 5.74) is 0.575. The first-order chi connectivity index (χ1) is 18.5. The molecule has 4 aliphatic heterocycles. The fourth-order valence-corrected chi connectivity index (χ4v) is 6.44. The number of likely N-dealkylation sites (tertiary alicyclic amines) is 1. The number of amides is 2. The molecule has 1 N–H and O–H groups in total. The molecule has 0 bridgehead atoms. The molecule has 204 valence electrons. The van der Waals surface area contributed by atoms with E-state index in [4.69, 9.17) is 9.47 Å². The molecule has 1 spiro atoms. The number of rotatable bonds is 9. The van der Waals surface area contributed by atoms with E-state index in [9.17, 15) is 19.5 Å². The van der Waals surface area contributed by atoms with E-state index in [1.165, 1.54) is 0 Å². The maximum atomic E-state index is 14.3. The Kier molecular flexibility index (Phi) is 7.59. The van der Waals surface area contributed by atoms with E-state index in [2.05, 4.69) is 18.7 Å². The van der Waals surface area contributed by atoms with Crippen LogP contribution in [0.4, 0.5) is 11.4 Å². The predicted molar refractivity (Wildman–Crippen MR) is 143 cm³/mol. The first-order valence-corrected chi connectivity index (χ1v) is 13.7. The highest BCUT2D eigenvalue weighted by Crippen LogP contribution is 2.53. The lowest BCUT2D eigenvalue weighted by molar-refractivity contribution is -0.152. The van der Waals surface area contributed by atoms with Gasteiger partial charge in [0.15, 0.2) is 0 Å². The Morgan fingerprint density at radius 1 is 1.03 bits per heavy atom. The number of aliphatic hydroxyl groups is 1. The number of carbonyl (C=O) groups excluding carboxylic acids is 3. The number of aliphatic hydroxyl groups excluding tert-OH is 1. The number of hydrogen-bond acceptors (Lipinski definition) is 7. The Morgan fingerprint density at radius 2 is 1.79 bits per heavy atom. The zero-order valence-corrected chi connectivity index (χ0v) is 22.1. The van der Waals surface area contributed by atoms with Crippen molar-refractivity contribution in [2.24, 2.45) is 11.8 Å². The normalized spacial score (nSPS) is 30.0. The fraction of sp³-hybridized carbons (Fsp3) is 0.552. The molecule has 9 heteroatoms. The molecule has 1 aromatic carbocycles. The molecule has 5 atom stereocenters. The minimum Gasteiger partial charge on any atom is -0.461 e. The van der Waals surface area contributed by atoms with Gasteiger partial charge in [-0.1, -0.05) is 18.2 Å². The van der Waals surface area contributed by atoms with Crippen LogP contribution in [0.3, 0.4) is 0 Å². The first-order valence-electron chi connectivity index (χ1n) is 13.7. The van der Waals surface area contributed by atoms with E-state index in [-0.39, 0.29) is 25.0 Å². The van der Waals surface area contributed by atoms with Gasteiger partial charge in [0.1, 0.15) is 24.2 Å². The molecule has 0 radical (unpaired) electrons. The van der Waals surface area contributed by atoms with Crippen molar-refractivity contribution in [2.45, 2.75) is 50.9 Å². The zero-order valence-electron chi connectivity index (χ0n) is 22.1. The van der Waals surface area contributed by atoms with Crippen LogP contribution in [0.1, 0.15) is 33.1 Å². The Morgan fingerprint density at radius 3 is 2.50 bits per heavy atom. The third-order valence-electron chi connectivity index (χ3n) is 8.26. The summed E-state index contributed by atoms with van der Waals surface area (Å²) in [5, 5.41) is 9.21. The van der Waals surface area contributed by atoms with Crippen LogP contribution in [0.15, 0.2) is 48.6 Å². The molecule has 2 amide bonds. The second kappa shape index (κ2) is 10.9. The van der Waals surface area contributed by atoms with Gasteiger partial charge in [-0.25, -0.2) is 0 Å². The smallest absolute Gasteiger partial charge is 0.313 e. The van der Waals surface area contributed by atoms with Gasteiger partial charge >= 0.3 is 5.97 Å². The van der Waals surface area contributed by atoms with Crippen molar-refractivity contribution in [3.05, 3.63) is 48.6 Å². The number of unbranched alkanes of at least 4 members (excludes halogenated alkanes) is 2. The van der Waals surface area contributed by atoms with Gasteiger partial charge in [0, 0.05) is 44.2 Å². The summed E-state index contributed by atoms with van der Waals surface area (Å²) in [5.74, 6) is -2.59. The maximum Gasteiger partial charge on any atom is 0.313 e. The Labute approximate surface area is 223 Å². The molecule has 2 fully saturated rings. The average Bonchev–Trinajstić information content (AvgIpc) is 3.21. The van der Waals surface area contributed by atoms with Crippen LogP contribution in [-0.2, 0) is 23.9 Å². The van der Waals surface area contributed by atoms with Crippen molar-refractivity contribution in [2.75, 3.05) is 49.2 Å². The van der Waals surface area contributed by atoms with Gasteiger partial charge in [-0.3, -0.25) is 14.4 Å². The van der Waals surface area contributed by atoms with E-state index in [1.54, 1.807) is 22.0 Å². The van der Waals surface area contributed by atoms with Crippen LogP contribution in [0.5, 0.6) is 0 Å². The first kappa shape index (κ1) is 26.4. The van der Waals surface area contributed by atoms with Crippen LogP contribution in [-0.4, -0.2) is 84.9 Å². The Balaban J connectivity index is 1.51. The highest BCUT2D eigenvalue weighted by Gasteiger charge is 2.71. The summed E-state index contributed by atoms with van der Waals surface area (Å²) in [7, 11) is 0. The molecule has 0 saturated carbocycles. The SMILES string of the molecule is CCN(CC)c1ccc(N2CC=C[C@]34O[C@@H]5C=CCOC(=O)[C@@H]5[C@H]3C(=O)N(CCCCCO)C4C2=O)cc1. The van der Waals surface area contributed by atoms with Crippen molar-refractivity contribution in [1.29, 1.82) is 0 Å². The third kappa shape index (κ3) is 4.31. The van der Waals surface area contributed by atoms with E-state index in [0.717, 1.165) is 30.9 Å². The number of cyclic esters (lactones) is 1. The minimum atomic E-state index is -1.25. The van der Waals surface area contributed by atoms with E-state index >= 15 is 0 Å². The number of anilines is 2. The highest BCUT2D eigenvalue weighted by atomic mass is 16.6. The van der Waals surface area contributed by atoms with Crippen molar-refractivity contribution in [3.8, 4) is 0 Å². The second-order valence-corrected chi connectivity index (χ2v) is 10.3. The van der Waals surface area contributed by atoms with Gasteiger partial charge in [0.05, 0.1) is 12.0 Å². The van der Waals surface area contributed by atoms with Crippen molar-refractivity contribution < 1.29 is 29.0 Å². The summed E-state index contributed by atoms with van der Waals surface area (Å²) < 4.78 is 11.9. The van der Waals surface area contributed by atoms with E-state index < -0.39 is 35.6 Å². The molecule has 1 unspecified atom stereocenters. The second-order valence-electron chi connectivity index (χ2n) is 10.3. The van der Waals surface area contributed by atoms with Crippen molar-refractivity contribution in [1.82, 2.24) is 4.90 Å². The molecule has 2 saturated heterocycles. The molecule has 9 nitrogen and oxygen atoms in total. The summed E-state index contributed by atoms with van der Waals surface area (Å²) in [6, 6.07) is 7.01. The largest absolute Gasteiger partial charge is 0.461 e. The molecule has 0 aromatic heterocycles. The van der Waals surface area contributed by atoms with Crippen molar-refractivity contribution in [3.63, 3.8) is 0 Å². The number of benzene rings is 1. The molecule has 4 heterocycles. The van der Waals surface area contributed by atoms with Crippen LogP contribution < -0.4 is 9.80 Å². The van der Waals surface area contributed by atoms with Gasteiger partial charge in [-0.15, -0.1) is 0 Å². The van der Waals surface area contributed by atoms with Crippen LogP contribution >= 0.6 is 0 Å². The number of esters is 1. The topological polar surface area (TPSA) is 99.6 Å². The number of carbonyl (C=O) groups is 3. The fourth-order valence-electron chi connectivity index (χ4n) is 6.44. The predicted octanol–water partition coefficient (Wildman–Crippen LogP) is 2.29. The Hall–Kier alpha value is -3.17. The molecule has 0 aliphatic carbocycles. The van der Waals surface area contributed by atoms with Crippen LogP contribution in [0.2, 0.25) is 0 Å². The molecule has 4 aliphatic rings. The average molecular weight is 524 g/mol. The summed E-state index contributed by atoms with van der Waals surface area (Å²) >= 11 is 0. The van der Waals surface area contributed by atoms with Gasteiger partial charge in [-0.2, -0.15) is 0 Å². The third-order valence-corrected chi connectivity index (χ3v) is 8.26. The minimum absolute atomic E-state index is 0.0773. The van der Waals surface area contributed by atoms with Gasteiger partial charge < -0.3 is 29.3 Å². The monoisotopic (exact) mass is 523 g/mol. The molecule has 5 rings (SSSR count). The van der Waals surface area contributed by atoms with Crippen LogP contribution in [0.25, 0.3) is 0 Å². The molecule has 38 heavy (non-hydrogen) atoms. The summed E-state index contributed by atoms with van der Waals surface area (Å²) in [4.78, 5) is 46.8. The van der Waals surface area contributed by atoms with Crippen molar-refractivity contribution >= 4 is 29.2 Å². The highest BCUT2D eigenvalue weighted by molar-refractivity contribution is 6.05. The van der Waals surface area contributed by atoms with Crippen LogP contribution in [0, 0.1) is 11.8 Å². The van der Waals surface area contributed by atoms with Gasteiger partial charge in [-0.05, 0) is 63.5 Å². The molecular formula is C29H37N3O6. The van der Waals surface area contributed by atoms with Gasteiger partial charge in [0.25, 0.3) is 5.91 Å². The number of ether oxygens (including phenoxy) is 2. The zero-order chi connectivity index (χ0) is 26.9. The Bertz CT molecular complexity index is 1110. The lowest BCUT2D eigenvalue weighted by Gasteiger charge is -2.35. The van der Waals surface area contributed by atoms with Gasteiger partial charge in [0.2, 0.25) is 5.91 Å². The number of hydrogen-bond donors (Lipinski definition) is 1. The quantitative estimate of drug-likeness (QED) is 0.301. The molecule has 1 aromatic rings. The lowest BCUT2D eigenvalue weighted by atomic mass is 9.78. The summed E-state index contributed by atoms with van der Waals surface area (Å²) in [6.07, 6.45) is 8.60.